The number of rotatable bonds is 8. The van der Waals surface area contributed by atoms with Crippen LogP contribution in [0, 0.1) is 0 Å². The molecule has 0 saturated carbocycles. The predicted molar refractivity (Wildman–Crippen MR) is 126 cm³/mol. The van der Waals surface area contributed by atoms with E-state index in [1.807, 2.05) is 54.6 Å². The molecule has 3 aromatic carbocycles. The number of anilines is 2. The first-order valence-electron chi connectivity index (χ1n) is 10.7. The lowest BCUT2D eigenvalue weighted by Gasteiger charge is -2.30. The van der Waals surface area contributed by atoms with Gasteiger partial charge >= 0.3 is 0 Å². The number of nitrogens with one attached hydrogen (secondary N) is 1. The Morgan fingerprint density at radius 3 is 2.44 bits per heavy atom. The SMILES string of the molecule is O=C(CCCOc1ccccc1)Nc1ccc(S(=O)(=O)N2CCCc3ccccc32)cc1. The number of hydrogen-bond acceptors (Lipinski definition) is 4. The molecule has 1 N–H and O–H groups in total. The summed E-state index contributed by atoms with van der Waals surface area (Å²) >= 11 is 0. The van der Waals surface area contributed by atoms with Crippen LogP contribution in [0.4, 0.5) is 11.4 Å². The number of nitrogens with zero attached hydrogens (tertiary/aromatic N) is 1. The lowest BCUT2D eigenvalue weighted by Crippen LogP contribution is -2.35. The molecular formula is C25H26N2O4S. The molecule has 1 aliphatic rings. The van der Waals surface area contributed by atoms with Crippen molar-refractivity contribution in [3.05, 3.63) is 84.4 Å². The van der Waals surface area contributed by atoms with E-state index >= 15 is 0 Å². The van der Waals surface area contributed by atoms with Gasteiger partial charge in [-0.3, -0.25) is 9.10 Å². The van der Waals surface area contributed by atoms with Crippen molar-refractivity contribution in [2.75, 3.05) is 22.8 Å². The quantitative estimate of drug-likeness (QED) is 0.508. The molecule has 0 radical (unpaired) electrons. The molecule has 0 fully saturated rings. The molecule has 1 aliphatic heterocycles. The number of ether oxygens (including phenoxy) is 1. The summed E-state index contributed by atoms with van der Waals surface area (Å²) in [7, 11) is -3.66. The molecule has 7 heteroatoms. The van der Waals surface area contributed by atoms with Crippen LogP contribution in [0.1, 0.15) is 24.8 Å². The van der Waals surface area contributed by atoms with Crippen LogP contribution in [0.15, 0.2) is 83.8 Å². The maximum atomic E-state index is 13.2. The zero-order valence-electron chi connectivity index (χ0n) is 17.7. The second-order valence-corrected chi connectivity index (χ2v) is 9.51. The maximum Gasteiger partial charge on any atom is 0.264 e. The Hall–Kier alpha value is -3.32. The van der Waals surface area contributed by atoms with Crippen LogP contribution < -0.4 is 14.4 Å². The molecule has 0 spiro atoms. The zero-order chi connectivity index (χ0) is 22.4. The molecule has 6 nitrogen and oxygen atoms in total. The second-order valence-electron chi connectivity index (χ2n) is 7.65. The first kappa shape index (κ1) is 21.9. The van der Waals surface area contributed by atoms with Crippen molar-refractivity contribution in [3.8, 4) is 5.75 Å². The summed E-state index contributed by atoms with van der Waals surface area (Å²) in [6.45, 7) is 0.912. The van der Waals surface area contributed by atoms with Gasteiger partial charge in [0, 0.05) is 18.7 Å². The van der Waals surface area contributed by atoms with Crippen LogP contribution in [-0.4, -0.2) is 27.5 Å². The Morgan fingerprint density at radius 1 is 0.938 bits per heavy atom. The van der Waals surface area contributed by atoms with Crippen LogP contribution in [0.25, 0.3) is 0 Å². The highest BCUT2D eigenvalue weighted by Crippen LogP contribution is 2.32. The molecule has 0 aromatic heterocycles. The van der Waals surface area contributed by atoms with E-state index in [0.717, 1.165) is 29.8 Å². The van der Waals surface area contributed by atoms with E-state index in [1.165, 1.54) is 4.31 Å². The van der Waals surface area contributed by atoms with Crippen LogP contribution in [-0.2, 0) is 21.2 Å². The number of fused-ring (bicyclic) bond motifs is 1. The lowest BCUT2D eigenvalue weighted by molar-refractivity contribution is -0.116. The van der Waals surface area contributed by atoms with E-state index in [9.17, 15) is 13.2 Å². The molecule has 32 heavy (non-hydrogen) atoms. The summed E-state index contributed by atoms with van der Waals surface area (Å²) in [6.07, 6.45) is 2.57. The molecular weight excluding hydrogens is 424 g/mol. The number of amides is 1. The minimum absolute atomic E-state index is 0.137. The third kappa shape index (κ3) is 5.11. The maximum absolute atomic E-state index is 13.2. The Morgan fingerprint density at radius 2 is 1.66 bits per heavy atom. The highest BCUT2D eigenvalue weighted by atomic mass is 32.2. The van der Waals surface area contributed by atoms with Gasteiger partial charge in [-0.25, -0.2) is 8.42 Å². The fraction of sp³-hybridized carbons (Fsp3) is 0.240. The number of hydrogen-bond donors (Lipinski definition) is 1. The first-order chi connectivity index (χ1) is 15.5. The summed E-state index contributed by atoms with van der Waals surface area (Å²) in [5, 5.41) is 2.81. The molecule has 4 rings (SSSR count). The second kappa shape index (κ2) is 9.87. The predicted octanol–water partition coefficient (Wildman–Crippen LogP) is 4.63. The third-order valence-corrected chi connectivity index (χ3v) is 7.18. The molecule has 166 valence electrons. The van der Waals surface area contributed by atoms with Crippen molar-refractivity contribution in [3.63, 3.8) is 0 Å². The number of aryl methyl sites for hydroxylation is 1. The molecule has 0 bridgehead atoms. The summed E-state index contributed by atoms with van der Waals surface area (Å²) in [6, 6.07) is 23.4. The number of carbonyl (C=O) groups excluding carboxylic acids is 1. The van der Waals surface area contributed by atoms with Crippen LogP contribution in [0.3, 0.4) is 0 Å². The number of para-hydroxylation sites is 2. The van der Waals surface area contributed by atoms with E-state index in [4.69, 9.17) is 4.74 Å². The van der Waals surface area contributed by atoms with E-state index in [0.29, 0.717) is 31.7 Å². The van der Waals surface area contributed by atoms with Crippen molar-refractivity contribution >= 4 is 27.3 Å². The summed E-state index contributed by atoms with van der Waals surface area (Å²) in [5.41, 5.74) is 2.35. The lowest BCUT2D eigenvalue weighted by atomic mass is 10.0. The smallest absolute Gasteiger partial charge is 0.264 e. The highest BCUT2D eigenvalue weighted by molar-refractivity contribution is 7.92. The van der Waals surface area contributed by atoms with Gasteiger partial charge in [0.2, 0.25) is 5.91 Å². The normalized spacial score (nSPS) is 13.3. The van der Waals surface area contributed by atoms with Crippen molar-refractivity contribution in [1.29, 1.82) is 0 Å². The van der Waals surface area contributed by atoms with Crippen LogP contribution >= 0.6 is 0 Å². The van der Waals surface area contributed by atoms with Gasteiger partial charge in [-0.15, -0.1) is 0 Å². The molecule has 0 unspecified atom stereocenters. The largest absolute Gasteiger partial charge is 0.494 e. The third-order valence-electron chi connectivity index (χ3n) is 5.35. The van der Waals surface area contributed by atoms with Crippen molar-refractivity contribution in [2.24, 2.45) is 0 Å². The van der Waals surface area contributed by atoms with Crippen molar-refractivity contribution < 1.29 is 17.9 Å². The van der Waals surface area contributed by atoms with Gasteiger partial charge in [-0.1, -0.05) is 36.4 Å². The van der Waals surface area contributed by atoms with E-state index in [-0.39, 0.29) is 10.8 Å². The minimum Gasteiger partial charge on any atom is -0.494 e. The van der Waals surface area contributed by atoms with Gasteiger partial charge in [-0.05, 0) is 67.3 Å². The van der Waals surface area contributed by atoms with Gasteiger partial charge in [0.25, 0.3) is 10.0 Å². The highest BCUT2D eigenvalue weighted by Gasteiger charge is 2.28. The summed E-state index contributed by atoms with van der Waals surface area (Å²) < 4.78 is 33.5. The molecule has 0 atom stereocenters. The van der Waals surface area contributed by atoms with Gasteiger partial charge in [0.15, 0.2) is 0 Å². The molecule has 3 aromatic rings. The van der Waals surface area contributed by atoms with E-state index < -0.39 is 10.0 Å². The van der Waals surface area contributed by atoms with Gasteiger partial charge < -0.3 is 10.1 Å². The van der Waals surface area contributed by atoms with Gasteiger partial charge in [-0.2, -0.15) is 0 Å². The van der Waals surface area contributed by atoms with E-state index in [2.05, 4.69) is 5.32 Å². The van der Waals surface area contributed by atoms with Gasteiger partial charge in [0.1, 0.15) is 5.75 Å². The fourth-order valence-electron chi connectivity index (χ4n) is 3.75. The Labute approximate surface area is 188 Å². The standard InChI is InChI=1S/C25H26N2O4S/c28-25(13-7-19-31-22-10-2-1-3-11-22)26-21-14-16-23(17-15-21)32(29,30)27-18-6-9-20-8-4-5-12-24(20)27/h1-5,8,10-12,14-17H,6-7,9,13,18-19H2,(H,26,28). The van der Waals surface area contributed by atoms with Crippen LogP contribution in [0.2, 0.25) is 0 Å². The molecule has 0 saturated heterocycles. The Kier molecular flexibility index (Phi) is 6.75. The van der Waals surface area contributed by atoms with Crippen LogP contribution in [0.5, 0.6) is 5.75 Å². The molecule has 1 amide bonds. The zero-order valence-corrected chi connectivity index (χ0v) is 18.6. The Balaban J connectivity index is 1.33. The van der Waals surface area contributed by atoms with E-state index in [1.54, 1.807) is 24.3 Å². The first-order valence-corrected chi connectivity index (χ1v) is 12.2. The topological polar surface area (TPSA) is 75.7 Å². The average Bonchev–Trinajstić information content (AvgIpc) is 2.82. The summed E-state index contributed by atoms with van der Waals surface area (Å²) in [5.74, 6) is 0.642. The number of sulfonamides is 1. The molecule has 1 heterocycles. The molecule has 0 aliphatic carbocycles. The van der Waals surface area contributed by atoms with Gasteiger partial charge in [0.05, 0.1) is 17.2 Å². The monoisotopic (exact) mass is 450 g/mol. The average molecular weight is 451 g/mol. The Bertz CT molecular complexity index is 1160. The van der Waals surface area contributed by atoms with Crippen molar-refractivity contribution in [2.45, 2.75) is 30.6 Å². The number of carbonyl (C=O) groups is 1. The fourth-order valence-corrected chi connectivity index (χ4v) is 5.29. The number of benzene rings is 3. The van der Waals surface area contributed by atoms with Crippen molar-refractivity contribution in [1.82, 2.24) is 0 Å². The summed E-state index contributed by atoms with van der Waals surface area (Å²) in [4.78, 5) is 12.4. The minimum atomic E-state index is -3.66.